The Labute approximate surface area is 319 Å². The fraction of sp³-hybridized carbons (Fsp3) is 0.178. The van der Waals surface area contributed by atoms with E-state index < -0.39 is 0 Å². The van der Waals surface area contributed by atoms with Crippen LogP contribution in [-0.2, 0) is 10.8 Å². The van der Waals surface area contributed by atoms with E-state index >= 15 is 0 Å². The van der Waals surface area contributed by atoms with Crippen LogP contribution in [0.3, 0.4) is 0 Å². The first-order valence-corrected chi connectivity index (χ1v) is 18.0. The molecule has 0 atom stereocenters. The molecule has 0 fully saturated rings. The lowest BCUT2D eigenvalue weighted by atomic mass is 9.84. The molecule has 0 spiro atoms. The molecule has 0 aliphatic carbocycles. The Morgan fingerprint density at radius 2 is 0.891 bits per heavy atom. The molecule has 4 aromatic carbocycles. The first-order valence-electron chi connectivity index (χ1n) is 18.0. The van der Waals surface area contributed by atoms with E-state index in [9.17, 15) is 0 Å². The molecule has 10 heteroatoms. The van der Waals surface area contributed by atoms with E-state index in [1.807, 2.05) is 89.5 Å². The standard InChI is InChI=1S/C45H40N6O4/c1-44(2,3)35-23-33-34-24-36(45(4,5)6)40(53-30-14-12-16-32(22-30)55-42-18-8-10-20-48-42)26-38(34)51(43-49-27-46-28-50-43)37(33)25-39(35)52-29-13-11-15-31(21-29)54-41-17-7-9-19-47-41/h7-28H,1-6H3. The highest BCUT2D eigenvalue weighted by Gasteiger charge is 2.27. The van der Waals surface area contributed by atoms with E-state index in [0.29, 0.717) is 52.2 Å². The zero-order chi connectivity index (χ0) is 38.2. The molecule has 0 saturated carbocycles. The molecule has 0 radical (unpaired) electrons. The van der Waals surface area contributed by atoms with Crippen molar-refractivity contribution in [2.24, 2.45) is 0 Å². The molecule has 274 valence electrons. The van der Waals surface area contributed by atoms with Gasteiger partial charge in [-0.05, 0) is 59.4 Å². The number of benzene rings is 4. The van der Waals surface area contributed by atoms with Crippen molar-refractivity contribution in [3.05, 3.63) is 145 Å². The van der Waals surface area contributed by atoms with Crippen LogP contribution in [0.25, 0.3) is 27.8 Å². The van der Waals surface area contributed by atoms with Gasteiger partial charge in [-0.15, -0.1) is 0 Å². The van der Waals surface area contributed by atoms with Crippen molar-refractivity contribution in [2.75, 3.05) is 0 Å². The van der Waals surface area contributed by atoms with Gasteiger partial charge in [0.25, 0.3) is 0 Å². The van der Waals surface area contributed by atoms with Crippen LogP contribution >= 0.6 is 0 Å². The minimum atomic E-state index is -0.272. The van der Waals surface area contributed by atoms with E-state index in [0.717, 1.165) is 32.9 Å². The molecule has 4 heterocycles. The molecule has 8 rings (SSSR count). The topological polar surface area (TPSA) is 106 Å². The molecule has 0 bridgehead atoms. The summed E-state index contributed by atoms with van der Waals surface area (Å²) in [6.07, 6.45) is 6.40. The van der Waals surface area contributed by atoms with Crippen LogP contribution in [0.2, 0.25) is 0 Å². The largest absolute Gasteiger partial charge is 0.457 e. The molecule has 0 N–H and O–H groups in total. The summed E-state index contributed by atoms with van der Waals surface area (Å²) in [7, 11) is 0. The van der Waals surface area contributed by atoms with Crippen molar-refractivity contribution in [3.63, 3.8) is 0 Å². The average molecular weight is 729 g/mol. The van der Waals surface area contributed by atoms with Crippen LogP contribution in [0.4, 0.5) is 0 Å². The predicted octanol–water partition coefficient (Wildman–Crippen LogP) is 11.5. The van der Waals surface area contributed by atoms with Crippen LogP contribution < -0.4 is 18.9 Å². The van der Waals surface area contributed by atoms with Crippen LogP contribution in [0, 0.1) is 0 Å². The second kappa shape index (κ2) is 14.2. The Kier molecular flexibility index (Phi) is 9.10. The first kappa shape index (κ1) is 35.2. The highest BCUT2D eigenvalue weighted by Crippen LogP contribution is 2.45. The number of fused-ring (bicyclic) bond motifs is 3. The van der Waals surface area contributed by atoms with Crippen LogP contribution in [0.5, 0.6) is 46.3 Å². The molecule has 0 saturated heterocycles. The van der Waals surface area contributed by atoms with E-state index in [1.54, 1.807) is 12.4 Å². The number of pyridine rings is 2. The molecule has 0 amide bonds. The summed E-state index contributed by atoms with van der Waals surface area (Å²) in [4.78, 5) is 21.9. The van der Waals surface area contributed by atoms with E-state index in [2.05, 4.69) is 90.7 Å². The van der Waals surface area contributed by atoms with Crippen molar-refractivity contribution in [2.45, 2.75) is 52.4 Å². The second-order valence-electron chi connectivity index (χ2n) is 15.2. The molecular formula is C45H40N6O4. The molecule has 0 aliphatic rings. The van der Waals surface area contributed by atoms with Crippen LogP contribution in [0.15, 0.2) is 134 Å². The normalized spacial score (nSPS) is 11.8. The predicted molar refractivity (Wildman–Crippen MR) is 213 cm³/mol. The van der Waals surface area contributed by atoms with Gasteiger partial charge in [-0.2, -0.15) is 0 Å². The summed E-state index contributed by atoms with van der Waals surface area (Å²) < 4.78 is 27.6. The van der Waals surface area contributed by atoms with Crippen molar-refractivity contribution in [1.29, 1.82) is 0 Å². The van der Waals surface area contributed by atoms with Gasteiger partial charge in [0.2, 0.25) is 17.7 Å². The zero-order valence-electron chi connectivity index (χ0n) is 31.5. The van der Waals surface area contributed by atoms with Crippen molar-refractivity contribution in [1.82, 2.24) is 29.5 Å². The van der Waals surface area contributed by atoms with Gasteiger partial charge in [-0.3, -0.25) is 4.57 Å². The van der Waals surface area contributed by atoms with Gasteiger partial charge in [-0.1, -0.05) is 65.8 Å². The quantitative estimate of drug-likeness (QED) is 0.143. The molecule has 0 unspecified atom stereocenters. The number of ether oxygens (including phenoxy) is 4. The van der Waals surface area contributed by atoms with Crippen molar-refractivity contribution < 1.29 is 18.9 Å². The molecule has 4 aromatic heterocycles. The summed E-state index contributed by atoms with van der Waals surface area (Å²) in [6.45, 7) is 13.1. The van der Waals surface area contributed by atoms with Gasteiger partial charge < -0.3 is 18.9 Å². The van der Waals surface area contributed by atoms with E-state index in [1.165, 1.54) is 12.7 Å². The maximum atomic E-state index is 6.74. The highest BCUT2D eigenvalue weighted by molar-refractivity contribution is 6.10. The van der Waals surface area contributed by atoms with Gasteiger partial charge >= 0.3 is 0 Å². The maximum absolute atomic E-state index is 6.74. The summed E-state index contributed by atoms with van der Waals surface area (Å²) in [6, 6.07) is 34.8. The Morgan fingerprint density at radius 3 is 1.29 bits per heavy atom. The fourth-order valence-electron chi connectivity index (χ4n) is 6.49. The molecular weight excluding hydrogens is 689 g/mol. The van der Waals surface area contributed by atoms with Gasteiger partial charge in [0.15, 0.2) is 0 Å². The molecule has 55 heavy (non-hydrogen) atoms. The SMILES string of the molecule is CC(C)(C)c1cc2c3cc(C(C)(C)C)c(Oc4cccc(Oc5ccccn5)c4)cc3n(-c3ncncn3)c2cc1Oc1cccc(Oc2ccccn2)c1. The third-order valence-electron chi connectivity index (χ3n) is 9.05. The number of nitrogens with zero attached hydrogens (tertiary/aromatic N) is 6. The Morgan fingerprint density at radius 1 is 0.455 bits per heavy atom. The summed E-state index contributed by atoms with van der Waals surface area (Å²) in [5.41, 5.74) is 3.26. The second-order valence-corrected chi connectivity index (χ2v) is 15.2. The maximum Gasteiger partial charge on any atom is 0.237 e. The Bertz CT molecular complexity index is 2450. The summed E-state index contributed by atoms with van der Waals surface area (Å²) in [5, 5.41) is 2.06. The molecule has 8 aromatic rings. The lowest BCUT2D eigenvalue weighted by Gasteiger charge is -2.24. The lowest BCUT2D eigenvalue weighted by Crippen LogP contribution is -2.13. The lowest BCUT2D eigenvalue weighted by molar-refractivity contribution is 0.439. The van der Waals surface area contributed by atoms with Crippen LogP contribution in [0.1, 0.15) is 52.7 Å². The van der Waals surface area contributed by atoms with E-state index in [4.69, 9.17) is 18.9 Å². The number of hydrogen-bond donors (Lipinski definition) is 0. The minimum Gasteiger partial charge on any atom is -0.457 e. The molecule has 10 nitrogen and oxygen atoms in total. The van der Waals surface area contributed by atoms with Gasteiger partial charge in [0.05, 0.1) is 11.0 Å². The Hall–Kier alpha value is -6.81. The number of hydrogen-bond acceptors (Lipinski definition) is 9. The van der Waals surface area contributed by atoms with Gasteiger partial charge in [-0.25, -0.2) is 24.9 Å². The third-order valence-corrected chi connectivity index (χ3v) is 9.05. The fourth-order valence-corrected chi connectivity index (χ4v) is 6.49. The number of rotatable bonds is 9. The smallest absolute Gasteiger partial charge is 0.237 e. The van der Waals surface area contributed by atoms with Gasteiger partial charge in [0, 0.05) is 70.7 Å². The average Bonchev–Trinajstić information content (AvgIpc) is 3.47. The minimum absolute atomic E-state index is 0.272. The van der Waals surface area contributed by atoms with E-state index in [-0.39, 0.29) is 10.8 Å². The summed E-state index contributed by atoms with van der Waals surface area (Å²) >= 11 is 0. The van der Waals surface area contributed by atoms with Crippen LogP contribution in [-0.4, -0.2) is 29.5 Å². The molecule has 0 aliphatic heterocycles. The monoisotopic (exact) mass is 728 g/mol. The first-order chi connectivity index (χ1) is 26.5. The van der Waals surface area contributed by atoms with Gasteiger partial charge in [0.1, 0.15) is 47.2 Å². The third kappa shape index (κ3) is 7.52. The zero-order valence-corrected chi connectivity index (χ0v) is 31.5. The number of aromatic nitrogens is 6. The van der Waals surface area contributed by atoms with Crippen molar-refractivity contribution in [3.8, 4) is 52.2 Å². The summed E-state index contributed by atoms with van der Waals surface area (Å²) in [5.74, 6) is 5.35. The Balaban J connectivity index is 1.28. The highest BCUT2D eigenvalue weighted by atomic mass is 16.5. The van der Waals surface area contributed by atoms with Crippen molar-refractivity contribution >= 4 is 21.8 Å².